The van der Waals surface area contributed by atoms with Gasteiger partial charge in [0.05, 0.1) is 11.8 Å². The highest BCUT2D eigenvalue weighted by Gasteiger charge is 2.22. The molecule has 3 heteroatoms. The Bertz CT molecular complexity index is 578. The second-order valence-electron chi connectivity index (χ2n) is 4.37. The SMILES string of the molecule is Oc1ccccc1[C@@H]1CC(c2ccccc2)=NN1. The van der Waals surface area contributed by atoms with Crippen molar-refractivity contribution in [1.82, 2.24) is 5.43 Å². The number of nitrogens with one attached hydrogen (secondary N) is 1. The van der Waals surface area contributed by atoms with Crippen LogP contribution >= 0.6 is 0 Å². The van der Waals surface area contributed by atoms with E-state index in [2.05, 4.69) is 10.5 Å². The second-order valence-corrected chi connectivity index (χ2v) is 4.37. The third-order valence-electron chi connectivity index (χ3n) is 3.17. The van der Waals surface area contributed by atoms with E-state index in [1.807, 2.05) is 48.5 Å². The zero-order valence-corrected chi connectivity index (χ0v) is 9.88. The predicted molar refractivity (Wildman–Crippen MR) is 71.6 cm³/mol. The lowest BCUT2D eigenvalue weighted by Crippen LogP contribution is -2.09. The smallest absolute Gasteiger partial charge is 0.120 e. The van der Waals surface area contributed by atoms with Crippen LogP contribution in [0.3, 0.4) is 0 Å². The summed E-state index contributed by atoms with van der Waals surface area (Å²) in [4.78, 5) is 0. The molecule has 0 amide bonds. The van der Waals surface area contributed by atoms with Gasteiger partial charge in [0.15, 0.2) is 0 Å². The van der Waals surface area contributed by atoms with E-state index in [4.69, 9.17) is 0 Å². The average Bonchev–Trinajstić information content (AvgIpc) is 2.90. The van der Waals surface area contributed by atoms with E-state index in [1.165, 1.54) is 0 Å². The van der Waals surface area contributed by atoms with E-state index in [1.54, 1.807) is 6.07 Å². The van der Waals surface area contributed by atoms with Crippen molar-refractivity contribution in [3.05, 3.63) is 65.7 Å². The summed E-state index contributed by atoms with van der Waals surface area (Å²) in [5.74, 6) is 0.319. The lowest BCUT2D eigenvalue weighted by Gasteiger charge is -2.11. The zero-order valence-electron chi connectivity index (χ0n) is 9.88. The Labute approximate surface area is 106 Å². The van der Waals surface area contributed by atoms with Crippen LogP contribution in [-0.4, -0.2) is 10.8 Å². The first-order valence-corrected chi connectivity index (χ1v) is 6.00. The highest BCUT2D eigenvalue weighted by atomic mass is 16.3. The van der Waals surface area contributed by atoms with E-state index < -0.39 is 0 Å². The maximum Gasteiger partial charge on any atom is 0.120 e. The van der Waals surface area contributed by atoms with Gasteiger partial charge in [0.1, 0.15) is 5.75 Å². The zero-order chi connectivity index (χ0) is 12.4. The number of rotatable bonds is 2. The largest absolute Gasteiger partial charge is 0.508 e. The number of benzene rings is 2. The summed E-state index contributed by atoms with van der Waals surface area (Å²) in [6.45, 7) is 0. The molecule has 0 saturated carbocycles. The maximum absolute atomic E-state index is 9.84. The molecule has 0 unspecified atom stereocenters. The minimum absolute atomic E-state index is 0.0569. The summed E-state index contributed by atoms with van der Waals surface area (Å²) in [6.07, 6.45) is 0.793. The van der Waals surface area contributed by atoms with Crippen LogP contribution < -0.4 is 5.43 Å². The third kappa shape index (κ3) is 1.95. The number of hydrazone groups is 1. The van der Waals surface area contributed by atoms with Gasteiger partial charge < -0.3 is 10.5 Å². The first kappa shape index (κ1) is 10.8. The van der Waals surface area contributed by atoms with Crippen molar-refractivity contribution in [3.63, 3.8) is 0 Å². The molecule has 3 nitrogen and oxygen atoms in total. The van der Waals surface area contributed by atoms with E-state index in [0.29, 0.717) is 5.75 Å². The molecule has 1 aliphatic heterocycles. The highest BCUT2D eigenvalue weighted by molar-refractivity contribution is 6.01. The van der Waals surface area contributed by atoms with Crippen LogP contribution in [0.1, 0.15) is 23.6 Å². The number of phenolic OH excluding ortho intramolecular Hbond substituents is 1. The molecule has 1 heterocycles. The van der Waals surface area contributed by atoms with E-state index in [9.17, 15) is 5.11 Å². The van der Waals surface area contributed by atoms with Crippen molar-refractivity contribution in [2.75, 3.05) is 0 Å². The van der Waals surface area contributed by atoms with Gasteiger partial charge in [0.2, 0.25) is 0 Å². The lowest BCUT2D eigenvalue weighted by atomic mass is 9.98. The van der Waals surface area contributed by atoms with Gasteiger partial charge in [-0.25, -0.2) is 0 Å². The molecular weight excluding hydrogens is 224 g/mol. The van der Waals surface area contributed by atoms with Gasteiger partial charge >= 0.3 is 0 Å². The average molecular weight is 238 g/mol. The van der Waals surface area contributed by atoms with E-state index in [-0.39, 0.29) is 6.04 Å². The Kier molecular flexibility index (Phi) is 2.73. The normalized spacial score (nSPS) is 18.2. The summed E-state index contributed by atoms with van der Waals surface area (Å²) in [5, 5.41) is 14.2. The van der Waals surface area contributed by atoms with Crippen molar-refractivity contribution in [2.45, 2.75) is 12.5 Å². The molecule has 0 spiro atoms. The fourth-order valence-corrected chi connectivity index (χ4v) is 2.22. The molecule has 2 aromatic rings. The molecular formula is C15H14N2O. The van der Waals surface area contributed by atoms with Gasteiger partial charge in [0.25, 0.3) is 0 Å². The molecule has 90 valence electrons. The molecule has 1 atom stereocenters. The highest BCUT2D eigenvalue weighted by Crippen LogP contribution is 2.30. The molecule has 2 N–H and O–H groups in total. The first-order valence-electron chi connectivity index (χ1n) is 6.00. The molecule has 0 radical (unpaired) electrons. The minimum Gasteiger partial charge on any atom is -0.508 e. The van der Waals surface area contributed by atoms with Gasteiger partial charge in [-0.2, -0.15) is 5.10 Å². The lowest BCUT2D eigenvalue weighted by molar-refractivity contribution is 0.455. The van der Waals surface area contributed by atoms with Crippen LogP contribution in [0.25, 0.3) is 0 Å². The number of aromatic hydroxyl groups is 1. The van der Waals surface area contributed by atoms with Crippen molar-refractivity contribution in [3.8, 4) is 5.75 Å². The summed E-state index contributed by atoms with van der Waals surface area (Å²) >= 11 is 0. The number of hydrogen-bond donors (Lipinski definition) is 2. The van der Waals surface area contributed by atoms with Crippen molar-refractivity contribution >= 4 is 5.71 Å². The van der Waals surface area contributed by atoms with Crippen LogP contribution in [0.4, 0.5) is 0 Å². The quantitative estimate of drug-likeness (QED) is 0.845. The second kappa shape index (κ2) is 4.53. The number of para-hydroxylation sites is 1. The van der Waals surface area contributed by atoms with Crippen LogP contribution in [0, 0.1) is 0 Å². The Morgan fingerprint density at radius 2 is 1.72 bits per heavy atom. The molecule has 0 fully saturated rings. The van der Waals surface area contributed by atoms with Crippen molar-refractivity contribution in [1.29, 1.82) is 0 Å². The van der Waals surface area contributed by atoms with Gasteiger partial charge in [-0.15, -0.1) is 0 Å². The third-order valence-corrected chi connectivity index (χ3v) is 3.17. The molecule has 3 rings (SSSR count). The fraction of sp³-hybridized carbons (Fsp3) is 0.133. The maximum atomic E-state index is 9.84. The Morgan fingerprint density at radius 1 is 1.00 bits per heavy atom. The van der Waals surface area contributed by atoms with Crippen LogP contribution in [0.2, 0.25) is 0 Å². The van der Waals surface area contributed by atoms with Gasteiger partial charge in [-0.1, -0.05) is 48.5 Å². The Balaban J connectivity index is 1.81. The monoisotopic (exact) mass is 238 g/mol. The Hall–Kier alpha value is -2.29. The Morgan fingerprint density at radius 3 is 2.50 bits per heavy atom. The predicted octanol–water partition coefficient (Wildman–Crippen LogP) is 2.83. The molecule has 2 aromatic carbocycles. The summed E-state index contributed by atoms with van der Waals surface area (Å²) in [5.41, 5.74) is 6.14. The topological polar surface area (TPSA) is 44.6 Å². The molecule has 18 heavy (non-hydrogen) atoms. The van der Waals surface area contributed by atoms with Crippen LogP contribution in [0.15, 0.2) is 59.7 Å². The first-order chi connectivity index (χ1) is 8.84. The molecule has 1 aliphatic rings. The van der Waals surface area contributed by atoms with Crippen molar-refractivity contribution < 1.29 is 5.11 Å². The van der Waals surface area contributed by atoms with Crippen LogP contribution in [0.5, 0.6) is 5.75 Å². The van der Waals surface area contributed by atoms with E-state index in [0.717, 1.165) is 23.3 Å². The summed E-state index contributed by atoms with van der Waals surface area (Å²) in [7, 11) is 0. The number of hydrogen-bond acceptors (Lipinski definition) is 3. The number of phenols is 1. The van der Waals surface area contributed by atoms with Gasteiger partial charge in [-0.3, -0.25) is 0 Å². The molecule has 0 aliphatic carbocycles. The molecule has 0 saturated heterocycles. The standard InChI is InChI=1S/C15H14N2O/c18-15-9-5-4-8-12(15)14-10-13(16-17-14)11-6-2-1-3-7-11/h1-9,14,17-18H,10H2/t14-/m0/s1. The van der Waals surface area contributed by atoms with Crippen molar-refractivity contribution in [2.24, 2.45) is 5.10 Å². The minimum atomic E-state index is 0.0569. The summed E-state index contributed by atoms with van der Waals surface area (Å²) in [6, 6.07) is 17.5. The van der Waals surface area contributed by atoms with Gasteiger partial charge in [0, 0.05) is 12.0 Å². The van der Waals surface area contributed by atoms with Crippen LogP contribution in [-0.2, 0) is 0 Å². The fourth-order valence-electron chi connectivity index (χ4n) is 2.22. The molecule has 0 bridgehead atoms. The van der Waals surface area contributed by atoms with E-state index >= 15 is 0 Å². The number of nitrogens with zero attached hydrogens (tertiary/aromatic N) is 1. The molecule has 0 aromatic heterocycles. The van der Waals surface area contributed by atoms with Gasteiger partial charge in [-0.05, 0) is 11.6 Å². The summed E-state index contributed by atoms with van der Waals surface area (Å²) < 4.78 is 0.